The summed E-state index contributed by atoms with van der Waals surface area (Å²) < 4.78 is 21.8. The molecule has 0 heterocycles. The van der Waals surface area contributed by atoms with Gasteiger partial charge in [0.1, 0.15) is 14.2 Å². The Morgan fingerprint density at radius 3 is 2.21 bits per heavy atom. The molecule has 110 valence electrons. The molecule has 0 aliphatic heterocycles. The lowest BCUT2D eigenvalue weighted by atomic mass is 10.1. The maximum absolute atomic E-state index is 12.6. The zero-order valence-electron chi connectivity index (χ0n) is 11.3. The Hall–Kier alpha value is -0.000000000000000111. The van der Waals surface area contributed by atoms with Crippen molar-refractivity contribution in [3.8, 4) is 0 Å². The third-order valence-electron chi connectivity index (χ3n) is 3.92. The van der Waals surface area contributed by atoms with Crippen molar-refractivity contribution >= 4 is 38.9 Å². The van der Waals surface area contributed by atoms with Crippen LogP contribution >= 0.6 is 23.2 Å². The fraction of sp³-hybridized carbons (Fsp3) is 0.917. The van der Waals surface area contributed by atoms with E-state index in [2.05, 4.69) is 0 Å². The van der Waals surface area contributed by atoms with Crippen molar-refractivity contribution in [3.05, 3.63) is 0 Å². The zero-order valence-corrected chi connectivity index (χ0v) is 13.6. The summed E-state index contributed by atoms with van der Waals surface area (Å²) in [6.45, 7) is 3.52. The smallest absolute Gasteiger partial charge is 0.232 e. The summed E-state index contributed by atoms with van der Waals surface area (Å²) in [5, 5.41) is 0. The van der Waals surface area contributed by atoms with E-state index in [-0.39, 0.29) is 23.7 Å². The van der Waals surface area contributed by atoms with Crippen molar-refractivity contribution in [2.75, 3.05) is 12.0 Å². The molecule has 1 amide bonds. The van der Waals surface area contributed by atoms with Crippen LogP contribution in [0, 0.1) is 5.41 Å². The number of rotatable bonds is 5. The molecule has 2 aliphatic rings. The van der Waals surface area contributed by atoms with E-state index in [4.69, 9.17) is 23.2 Å². The van der Waals surface area contributed by atoms with Gasteiger partial charge in [0.25, 0.3) is 0 Å². The van der Waals surface area contributed by atoms with Gasteiger partial charge in [-0.05, 0) is 33.1 Å². The number of carbonyl (C=O) groups excluding carboxylic acids is 1. The molecule has 0 bridgehead atoms. The van der Waals surface area contributed by atoms with Crippen LogP contribution in [0.1, 0.15) is 33.1 Å². The van der Waals surface area contributed by atoms with Crippen LogP contribution in [0.3, 0.4) is 0 Å². The second kappa shape index (κ2) is 4.50. The first-order valence-corrected chi connectivity index (χ1v) is 9.18. The highest BCUT2D eigenvalue weighted by Gasteiger charge is 2.69. The molecule has 4 nitrogen and oxygen atoms in total. The van der Waals surface area contributed by atoms with E-state index in [1.807, 2.05) is 0 Å². The first kappa shape index (κ1) is 15.4. The van der Waals surface area contributed by atoms with Crippen molar-refractivity contribution in [1.82, 2.24) is 4.90 Å². The van der Waals surface area contributed by atoms with Crippen molar-refractivity contribution in [2.45, 2.75) is 49.5 Å². The molecule has 0 saturated heterocycles. The van der Waals surface area contributed by atoms with Gasteiger partial charge in [-0.3, -0.25) is 4.79 Å². The summed E-state index contributed by atoms with van der Waals surface area (Å²) in [4.78, 5) is 14.3. The predicted octanol–water partition coefficient (Wildman–Crippen LogP) is 1.99. The van der Waals surface area contributed by atoms with Crippen LogP contribution in [-0.4, -0.2) is 47.7 Å². The Morgan fingerprint density at radius 2 is 1.89 bits per heavy atom. The highest BCUT2D eigenvalue weighted by Crippen LogP contribution is 2.65. The molecule has 0 aromatic heterocycles. The SMILES string of the molecule is C[C@H](CS(C)(=O)=O)N(C(=O)[C@@]1(C)CC1(Cl)Cl)C1CC1. The molecular weight excluding hydrogens is 309 g/mol. The van der Waals surface area contributed by atoms with E-state index in [0.717, 1.165) is 12.8 Å². The molecule has 19 heavy (non-hydrogen) atoms. The summed E-state index contributed by atoms with van der Waals surface area (Å²) in [5.41, 5.74) is -0.773. The maximum Gasteiger partial charge on any atom is 0.232 e. The molecule has 2 rings (SSSR count). The topological polar surface area (TPSA) is 54.5 Å². The lowest BCUT2D eigenvalue weighted by molar-refractivity contribution is -0.138. The molecule has 0 spiro atoms. The maximum atomic E-state index is 12.6. The Morgan fingerprint density at radius 1 is 1.42 bits per heavy atom. The third-order valence-corrected chi connectivity index (χ3v) is 6.11. The van der Waals surface area contributed by atoms with Gasteiger partial charge in [0, 0.05) is 18.3 Å². The molecule has 2 atom stereocenters. The van der Waals surface area contributed by atoms with Gasteiger partial charge in [-0.25, -0.2) is 8.42 Å². The fourth-order valence-electron chi connectivity index (χ4n) is 2.51. The molecule has 0 unspecified atom stereocenters. The molecule has 2 fully saturated rings. The lowest BCUT2D eigenvalue weighted by Crippen LogP contribution is -2.47. The van der Waals surface area contributed by atoms with E-state index in [1.165, 1.54) is 6.26 Å². The molecule has 0 aromatic rings. The normalized spacial score (nSPS) is 30.8. The molecular formula is C12H19Cl2NO3S. The van der Waals surface area contributed by atoms with Crippen molar-refractivity contribution in [1.29, 1.82) is 0 Å². The van der Waals surface area contributed by atoms with Gasteiger partial charge >= 0.3 is 0 Å². The number of sulfone groups is 1. The van der Waals surface area contributed by atoms with Crippen molar-refractivity contribution < 1.29 is 13.2 Å². The van der Waals surface area contributed by atoms with Crippen LogP contribution in [0.5, 0.6) is 0 Å². The van der Waals surface area contributed by atoms with Gasteiger partial charge in [-0.1, -0.05) is 0 Å². The number of nitrogens with zero attached hydrogens (tertiary/aromatic N) is 1. The van der Waals surface area contributed by atoms with Crippen LogP contribution in [0.2, 0.25) is 0 Å². The van der Waals surface area contributed by atoms with E-state index < -0.39 is 19.6 Å². The van der Waals surface area contributed by atoms with Crippen LogP contribution in [-0.2, 0) is 14.6 Å². The van der Waals surface area contributed by atoms with Crippen LogP contribution < -0.4 is 0 Å². The minimum atomic E-state index is -3.12. The number of carbonyl (C=O) groups is 1. The molecule has 0 aromatic carbocycles. The number of hydrogen-bond acceptors (Lipinski definition) is 3. The van der Waals surface area contributed by atoms with E-state index in [1.54, 1.807) is 18.7 Å². The minimum Gasteiger partial charge on any atom is -0.335 e. The molecule has 2 aliphatic carbocycles. The summed E-state index contributed by atoms with van der Waals surface area (Å²) in [6, 6.07) is -0.192. The average Bonchev–Trinajstić information content (AvgIpc) is 3.04. The largest absolute Gasteiger partial charge is 0.335 e. The van der Waals surface area contributed by atoms with E-state index in [9.17, 15) is 13.2 Å². The number of hydrogen-bond donors (Lipinski definition) is 0. The summed E-state index contributed by atoms with van der Waals surface area (Å²) in [6.07, 6.45) is 3.46. The number of amides is 1. The van der Waals surface area contributed by atoms with Gasteiger partial charge in [0.2, 0.25) is 5.91 Å². The van der Waals surface area contributed by atoms with E-state index in [0.29, 0.717) is 6.42 Å². The monoisotopic (exact) mass is 327 g/mol. The zero-order chi connectivity index (χ0) is 14.6. The first-order chi connectivity index (χ1) is 8.48. The van der Waals surface area contributed by atoms with E-state index >= 15 is 0 Å². The highest BCUT2D eigenvalue weighted by molar-refractivity contribution is 7.90. The van der Waals surface area contributed by atoms with Crippen molar-refractivity contribution in [3.63, 3.8) is 0 Å². The Kier molecular flexibility index (Phi) is 3.64. The van der Waals surface area contributed by atoms with Crippen molar-refractivity contribution in [2.24, 2.45) is 5.41 Å². The summed E-state index contributed by atoms with van der Waals surface area (Å²) >= 11 is 12.1. The van der Waals surface area contributed by atoms with Gasteiger partial charge < -0.3 is 4.90 Å². The van der Waals surface area contributed by atoms with Gasteiger partial charge in [-0.15, -0.1) is 23.2 Å². The Bertz CT molecular complexity index is 501. The van der Waals surface area contributed by atoms with Crippen LogP contribution in [0.15, 0.2) is 0 Å². The fourth-order valence-corrected chi connectivity index (χ4v) is 4.25. The van der Waals surface area contributed by atoms with Crippen LogP contribution in [0.25, 0.3) is 0 Å². The minimum absolute atomic E-state index is 0.0249. The number of halogens is 2. The standard InChI is InChI=1S/C12H19Cl2NO3S/c1-8(6-19(3,17)18)15(9-4-5-9)10(16)11(2)7-12(11,13)14/h8-9H,4-7H2,1-3H3/t8-,11-/m1/s1. The summed E-state index contributed by atoms with van der Waals surface area (Å²) in [5.74, 6) is -0.140. The predicted molar refractivity (Wildman–Crippen MR) is 76.2 cm³/mol. The second-order valence-corrected chi connectivity index (χ2v) is 9.77. The lowest BCUT2D eigenvalue weighted by Gasteiger charge is -2.32. The van der Waals surface area contributed by atoms with Gasteiger partial charge in [-0.2, -0.15) is 0 Å². The average molecular weight is 328 g/mol. The quantitative estimate of drug-likeness (QED) is 0.725. The third kappa shape index (κ3) is 3.03. The number of alkyl halides is 2. The molecule has 0 N–H and O–H groups in total. The Balaban J connectivity index is 2.15. The summed E-state index contributed by atoms with van der Waals surface area (Å²) in [7, 11) is -3.12. The molecule has 2 saturated carbocycles. The van der Waals surface area contributed by atoms with Crippen LogP contribution in [0.4, 0.5) is 0 Å². The molecule has 0 radical (unpaired) electrons. The second-order valence-electron chi connectivity index (χ2n) is 6.10. The molecule has 7 heteroatoms. The van der Waals surface area contributed by atoms with Gasteiger partial charge in [0.05, 0.1) is 11.2 Å². The Labute approximate surface area is 124 Å². The van der Waals surface area contributed by atoms with Gasteiger partial charge in [0.15, 0.2) is 0 Å². The highest BCUT2D eigenvalue weighted by atomic mass is 35.5. The first-order valence-electron chi connectivity index (χ1n) is 6.36.